The molecule has 0 bridgehead atoms. The highest BCUT2D eigenvalue weighted by Crippen LogP contribution is 2.19. The Kier molecular flexibility index (Phi) is 4.19. The van der Waals surface area contributed by atoms with Gasteiger partial charge in [0, 0.05) is 19.1 Å². The number of carbonyl (C=O) groups is 1. The van der Waals surface area contributed by atoms with Crippen LogP contribution in [0.4, 0.5) is 4.79 Å². The molecule has 1 fully saturated rings. The highest BCUT2D eigenvalue weighted by atomic mass is 16.6. The number of likely N-dealkylation sites (tertiary alicyclic amines) is 1. The predicted octanol–water partition coefficient (Wildman–Crippen LogP) is 1.85. The minimum atomic E-state index is -0.407. The Balaban J connectivity index is 2.52. The Morgan fingerprint density at radius 3 is 2.56 bits per heavy atom. The zero-order chi connectivity index (χ0) is 12.3. The van der Waals surface area contributed by atoms with Crippen LogP contribution in [0.3, 0.4) is 0 Å². The third kappa shape index (κ3) is 3.67. The molecule has 1 N–H and O–H groups in total. The monoisotopic (exact) mass is 228 g/mol. The van der Waals surface area contributed by atoms with Crippen molar-refractivity contribution in [3.63, 3.8) is 0 Å². The van der Waals surface area contributed by atoms with Gasteiger partial charge in [-0.3, -0.25) is 0 Å². The van der Waals surface area contributed by atoms with E-state index < -0.39 is 5.60 Å². The van der Waals surface area contributed by atoms with Crippen molar-refractivity contribution in [1.82, 2.24) is 10.2 Å². The van der Waals surface area contributed by atoms with Crippen LogP contribution in [0.1, 0.15) is 34.1 Å². The summed E-state index contributed by atoms with van der Waals surface area (Å²) in [4.78, 5) is 13.7. The fourth-order valence-corrected chi connectivity index (χ4v) is 1.94. The quantitative estimate of drug-likeness (QED) is 0.744. The topological polar surface area (TPSA) is 41.6 Å². The van der Waals surface area contributed by atoms with E-state index in [1.807, 2.05) is 27.8 Å². The van der Waals surface area contributed by atoms with E-state index in [0.29, 0.717) is 12.0 Å². The number of likely N-dealkylation sites (N-methyl/N-ethyl adjacent to an activating group) is 1. The van der Waals surface area contributed by atoms with E-state index in [1.54, 1.807) is 4.90 Å². The molecule has 0 radical (unpaired) electrons. The molecular weight excluding hydrogens is 204 g/mol. The highest BCUT2D eigenvalue weighted by Gasteiger charge is 2.30. The molecule has 16 heavy (non-hydrogen) atoms. The second-order valence-corrected chi connectivity index (χ2v) is 5.59. The second-order valence-electron chi connectivity index (χ2n) is 5.59. The van der Waals surface area contributed by atoms with Gasteiger partial charge in [0.2, 0.25) is 0 Å². The lowest BCUT2D eigenvalue weighted by molar-refractivity contribution is 0.0152. The maximum atomic E-state index is 11.9. The molecular formula is C12H24N2O2. The van der Waals surface area contributed by atoms with Gasteiger partial charge in [-0.1, -0.05) is 6.92 Å². The average molecular weight is 228 g/mol. The van der Waals surface area contributed by atoms with Crippen molar-refractivity contribution in [3.8, 4) is 0 Å². The van der Waals surface area contributed by atoms with Gasteiger partial charge in [-0.25, -0.2) is 4.79 Å². The van der Waals surface area contributed by atoms with Crippen LogP contribution in [0.25, 0.3) is 0 Å². The first-order valence-electron chi connectivity index (χ1n) is 5.98. The predicted molar refractivity (Wildman–Crippen MR) is 64.4 cm³/mol. The van der Waals surface area contributed by atoms with Crippen molar-refractivity contribution in [1.29, 1.82) is 0 Å². The fraction of sp³-hybridized carbons (Fsp3) is 0.917. The van der Waals surface area contributed by atoms with Crippen LogP contribution in [0.15, 0.2) is 0 Å². The fourth-order valence-electron chi connectivity index (χ4n) is 1.94. The third-order valence-corrected chi connectivity index (χ3v) is 2.98. The minimum absolute atomic E-state index is 0.195. The zero-order valence-electron chi connectivity index (χ0n) is 11.0. The van der Waals surface area contributed by atoms with Crippen molar-refractivity contribution >= 4 is 6.09 Å². The summed E-state index contributed by atoms with van der Waals surface area (Å²) in [6, 6.07) is 0.376. The van der Waals surface area contributed by atoms with E-state index >= 15 is 0 Å². The largest absolute Gasteiger partial charge is 0.444 e. The Morgan fingerprint density at radius 2 is 2.06 bits per heavy atom. The van der Waals surface area contributed by atoms with Crippen LogP contribution in [0, 0.1) is 5.92 Å². The first-order chi connectivity index (χ1) is 7.33. The number of carbonyl (C=O) groups excluding carboxylic acids is 1. The van der Waals surface area contributed by atoms with E-state index in [0.717, 1.165) is 19.5 Å². The summed E-state index contributed by atoms with van der Waals surface area (Å²) >= 11 is 0. The first kappa shape index (κ1) is 13.3. The summed E-state index contributed by atoms with van der Waals surface area (Å²) < 4.78 is 5.36. The zero-order valence-corrected chi connectivity index (χ0v) is 11.0. The third-order valence-electron chi connectivity index (χ3n) is 2.98. The molecule has 0 aromatic rings. The van der Waals surface area contributed by atoms with Crippen LogP contribution in [-0.4, -0.2) is 42.8 Å². The number of piperidine rings is 1. The van der Waals surface area contributed by atoms with E-state index in [-0.39, 0.29) is 6.09 Å². The number of ether oxygens (including phenoxy) is 1. The van der Waals surface area contributed by atoms with Gasteiger partial charge < -0.3 is 15.0 Å². The van der Waals surface area contributed by atoms with E-state index in [1.165, 1.54) is 0 Å². The number of nitrogens with zero attached hydrogens (tertiary/aromatic N) is 1. The molecule has 1 aliphatic heterocycles. The number of rotatable bonds is 1. The molecule has 1 saturated heterocycles. The Bertz CT molecular complexity index is 248. The maximum absolute atomic E-state index is 11.9. The van der Waals surface area contributed by atoms with Gasteiger partial charge in [0.05, 0.1) is 0 Å². The van der Waals surface area contributed by atoms with Gasteiger partial charge in [0.25, 0.3) is 0 Å². The molecule has 1 heterocycles. The van der Waals surface area contributed by atoms with Crippen LogP contribution < -0.4 is 5.32 Å². The molecule has 1 amide bonds. The van der Waals surface area contributed by atoms with Gasteiger partial charge in [0.15, 0.2) is 0 Å². The molecule has 0 spiro atoms. The van der Waals surface area contributed by atoms with Crippen molar-refractivity contribution in [2.24, 2.45) is 5.92 Å². The second kappa shape index (κ2) is 5.04. The van der Waals surface area contributed by atoms with E-state index in [9.17, 15) is 4.79 Å². The standard InChI is InChI=1S/C12H24N2O2/c1-9-6-7-14(8-10(9)13-5)11(15)16-12(2,3)4/h9-10,13H,6-8H2,1-5H3/t9-,10+/m1/s1. The Morgan fingerprint density at radius 1 is 1.44 bits per heavy atom. The highest BCUT2D eigenvalue weighted by molar-refractivity contribution is 5.68. The first-order valence-corrected chi connectivity index (χ1v) is 5.98. The van der Waals surface area contributed by atoms with Gasteiger partial charge >= 0.3 is 6.09 Å². The summed E-state index contributed by atoms with van der Waals surface area (Å²) in [5.74, 6) is 0.615. The summed E-state index contributed by atoms with van der Waals surface area (Å²) in [5, 5.41) is 3.25. The van der Waals surface area contributed by atoms with E-state index in [2.05, 4.69) is 12.2 Å². The van der Waals surface area contributed by atoms with Gasteiger partial charge in [0.1, 0.15) is 5.60 Å². The van der Waals surface area contributed by atoms with Crippen LogP contribution in [0.2, 0.25) is 0 Å². The molecule has 94 valence electrons. The summed E-state index contributed by atoms with van der Waals surface area (Å²) in [6.07, 6.45) is 0.838. The van der Waals surface area contributed by atoms with Crippen LogP contribution in [0.5, 0.6) is 0 Å². The summed E-state index contributed by atoms with van der Waals surface area (Å²) in [6.45, 7) is 9.45. The molecule has 2 atom stereocenters. The van der Waals surface area contributed by atoms with Gasteiger partial charge in [-0.15, -0.1) is 0 Å². The van der Waals surface area contributed by atoms with Crippen LogP contribution in [-0.2, 0) is 4.74 Å². The summed E-state index contributed by atoms with van der Waals surface area (Å²) in [5.41, 5.74) is -0.407. The molecule has 0 saturated carbocycles. The number of nitrogens with one attached hydrogen (secondary N) is 1. The molecule has 1 aliphatic rings. The molecule has 0 aliphatic carbocycles. The van der Waals surface area contributed by atoms with Crippen molar-refractivity contribution in [2.45, 2.75) is 45.8 Å². The lowest BCUT2D eigenvalue weighted by atomic mass is 9.94. The smallest absolute Gasteiger partial charge is 0.410 e. The lowest BCUT2D eigenvalue weighted by Crippen LogP contribution is -2.51. The number of hydrogen-bond donors (Lipinski definition) is 1. The summed E-state index contributed by atoms with van der Waals surface area (Å²) in [7, 11) is 1.94. The normalized spacial score (nSPS) is 26.7. The van der Waals surface area contributed by atoms with Crippen molar-refractivity contribution in [2.75, 3.05) is 20.1 Å². The van der Waals surface area contributed by atoms with E-state index in [4.69, 9.17) is 4.74 Å². The molecule has 1 rings (SSSR count). The average Bonchev–Trinajstić information content (AvgIpc) is 2.15. The molecule has 4 nitrogen and oxygen atoms in total. The molecule has 4 heteroatoms. The van der Waals surface area contributed by atoms with Crippen LogP contribution >= 0.6 is 0 Å². The SMILES string of the molecule is CN[C@H]1CN(C(=O)OC(C)(C)C)CC[C@H]1C. The van der Waals surface area contributed by atoms with Crippen molar-refractivity contribution in [3.05, 3.63) is 0 Å². The van der Waals surface area contributed by atoms with Crippen molar-refractivity contribution < 1.29 is 9.53 Å². The van der Waals surface area contributed by atoms with Gasteiger partial charge in [-0.05, 0) is 40.2 Å². The Hall–Kier alpha value is -0.770. The minimum Gasteiger partial charge on any atom is -0.444 e. The number of amides is 1. The molecule has 0 aromatic heterocycles. The van der Waals surface area contributed by atoms with Gasteiger partial charge in [-0.2, -0.15) is 0 Å². The molecule has 0 unspecified atom stereocenters. The lowest BCUT2D eigenvalue weighted by Gasteiger charge is -2.37. The Labute approximate surface area is 98.3 Å². The molecule has 0 aromatic carbocycles. The maximum Gasteiger partial charge on any atom is 0.410 e. The number of hydrogen-bond acceptors (Lipinski definition) is 3.